The van der Waals surface area contributed by atoms with Crippen LogP contribution in [0.1, 0.15) is 32.1 Å². The van der Waals surface area contributed by atoms with Crippen molar-refractivity contribution in [3.05, 3.63) is 0 Å². The van der Waals surface area contributed by atoms with Gasteiger partial charge in [-0.2, -0.15) is 0 Å². The number of nitrogens with zero attached hydrogens (tertiary/aromatic N) is 1. The molecule has 0 aromatic heterocycles. The summed E-state index contributed by atoms with van der Waals surface area (Å²) in [5.74, 6) is 0. The summed E-state index contributed by atoms with van der Waals surface area (Å²) in [6.45, 7) is -0.763. The second-order valence-corrected chi connectivity index (χ2v) is 21.1. The van der Waals surface area contributed by atoms with E-state index in [1.165, 1.54) is 4.90 Å². The van der Waals surface area contributed by atoms with Gasteiger partial charge in [-0.05, 0) is 40.0 Å². The van der Waals surface area contributed by atoms with Crippen LogP contribution >= 0.6 is 45.6 Å². The first-order valence-electron chi connectivity index (χ1n) is 11.1. The van der Waals surface area contributed by atoms with Crippen LogP contribution in [-0.4, -0.2) is 118 Å². The summed E-state index contributed by atoms with van der Waals surface area (Å²) in [5, 5.41) is 8.34. The lowest BCUT2D eigenvalue weighted by molar-refractivity contribution is 0.0736. The van der Waals surface area contributed by atoms with Crippen LogP contribution in [-0.2, 0) is 31.9 Å². The molecule has 0 aliphatic heterocycles. The first-order chi connectivity index (χ1) is 18.2. The van der Waals surface area contributed by atoms with Crippen molar-refractivity contribution in [3.8, 4) is 0 Å². The van der Waals surface area contributed by atoms with Gasteiger partial charge >= 0.3 is 45.6 Å². The van der Waals surface area contributed by atoms with Crippen LogP contribution < -0.4 is 11.5 Å². The van der Waals surface area contributed by atoms with E-state index >= 15 is 0 Å². The smallest absolute Gasteiger partial charge is 0.368 e. The Bertz CT molecular complexity index is 1120. The highest BCUT2D eigenvalue weighted by atomic mass is 31.3. The predicted octanol–water partition coefficient (Wildman–Crippen LogP) is -2.56. The van der Waals surface area contributed by atoms with E-state index in [9.17, 15) is 71.9 Å². The molecule has 0 aromatic carbocycles. The molecule has 0 rings (SSSR count). The fourth-order valence-corrected chi connectivity index (χ4v) is 11.7. The highest BCUT2D eigenvalue weighted by Crippen LogP contribution is 2.80. The first kappa shape index (κ1) is 44.8. The Hall–Kier alpha value is 0.700. The Morgan fingerprint density at radius 1 is 0.571 bits per heavy atom. The maximum absolute atomic E-state index is 12.5. The van der Waals surface area contributed by atoms with Crippen molar-refractivity contribution in [3.63, 3.8) is 0 Å². The molecule has 29 heteroatoms. The molecule has 0 aromatic rings. The standard InChI is InChI=1S/C8H24N2O13P4.C5H15NO7P2/c9-5-1-3-7(11,24(12,13)14)27(21,22)23-8(4-2-6-10,25(15,16)17)26(18,19)20;1-6(2)4-3-5(7,14(8,9)10)15(11,12)13/h11H,1-6,9-10H2,(H,21,22)(H2,12,13,14)(H2,15,16,17)(H2,18,19,20);7H,3-4H2,1-2H3,(H2,8,9,10)(H2,11,12,13). The van der Waals surface area contributed by atoms with Gasteiger partial charge < -0.3 is 80.4 Å². The van der Waals surface area contributed by atoms with E-state index < -0.39 is 92.9 Å². The van der Waals surface area contributed by atoms with Gasteiger partial charge in [0, 0.05) is 25.8 Å². The molecule has 0 radical (unpaired) electrons. The summed E-state index contributed by atoms with van der Waals surface area (Å²) in [4.78, 5) is 103. The predicted molar refractivity (Wildman–Crippen MR) is 144 cm³/mol. The Morgan fingerprint density at radius 3 is 1.17 bits per heavy atom. The van der Waals surface area contributed by atoms with Gasteiger partial charge in [0.15, 0.2) is 0 Å². The molecule has 256 valence electrons. The van der Waals surface area contributed by atoms with Gasteiger partial charge in [0.2, 0.25) is 0 Å². The number of hydrogen-bond donors (Lipinski definition) is 15. The molecule has 2 unspecified atom stereocenters. The Labute approximate surface area is 239 Å². The molecule has 0 aliphatic carbocycles. The Morgan fingerprint density at radius 2 is 0.905 bits per heavy atom. The van der Waals surface area contributed by atoms with Crippen molar-refractivity contribution in [2.75, 3.05) is 33.7 Å². The first-order valence-corrected chi connectivity index (χ1v) is 20.7. The molecule has 17 N–H and O–H groups in total. The van der Waals surface area contributed by atoms with Crippen LogP contribution in [0, 0.1) is 0 Å². The SMILES string of the molecule is CN(C)CCC(O)(P(=O)(O)O)P(=O)(O)O.NCCCC(OP(=O)(O)C(O)(CCCN)P(=O)(O)O)(P(=O)(O)O)P(=O)(O)O. The van der Waals surface area contributed by atoms with Crippen LogP contribution in [0.4, 0.5) is 0 Å². The normalized spacial score (nSPS) is 17.3. The number of aliphatic hydroxyl groups is 2. The zero-order chi connectivity index (χ0) is 34.4. The van der Waals surface area contributed by atoms with E-state index in [1.54, 1.807) is 14.1 Å². The average molecular weight is 743 g/mol. The molecule has 2 atom stereocenters. The van der Waals surface area contributed by atoms with E-state index in [0.29, 0.717) is 0 Å². The van der Waals surface area contributed by atoms with Gasteiger partial charge in [-0.15, -0.1) is 0 Å². The maximum Gasteiger partial charge on any atom is 0.373 e. The van der Waals surface area contributed by atoms with Crippen LogP contribution in [0.5, 0.6) is 0 Å². The molecule has 0 spiro atoms. The molecule has 42 heavy (non-hydrogen) atoms. The van der Waals surface area contributed by atoms with Gasteiger partial charge in [0.25, 0.3) is 15.2 Å². The number of hydrogen-bond acceptors (Lipinski definition) is 12. The van der Waals surface area contributed by atoms with Crippen LogP contribution in [0.3, 0.4) is 0 Å². The third-order valence-electron chi connectivity index (χ3n) is 5.35. The topological polar surface area (TPSA) is 430 Å². The number of rotatable bonds is 17. The van der Waals surface area contributed by atoms with Crippen LogP contribution in [0.15, 0.2) is 0 Å². The van der Waals surface area contributed by atoms with Crippen molar-refractivity contribution in [1.29, 1.82) is 0 Å². The summed E-state index contributed by atoms with van der Waals surface area (Å²) >= 11 is 0. The van der Waals surface area contributed by atoms with Gasteiger partial charge in [-0.3, -0.25) is 31.9 Å². The number of nitrogens with two attached hydrogens (primary N) is 2. The minimum absolute atomic E-state index is 0.0628. The third kappa shape index (κ3) is 10.9. The molecular weight excluding hydrogens is 704 g/mol. The van der Waals surface area contributed by atoms with E-state index in [2.05, 4.69) is 4.52 Å². The van der Waals surface area contributed by atoms with Crippen molar-refractivity contribution < 1.29 is 96.0 Å². The summed E-state index contributed by atoms with van der Waals surface area (Å²) in [7, 11) is -31.8. The molecule has 0 saturated carbocycles. The molecular formula is C13H39N3O20P6. The molecule has 0 amide bonds. The lowest BCUT2D eigenvalue weighted by Crippen LogP contribution is -2.38. The third-order valence-corrected chi connectivity index (χ3v) is 17.9. The lowest BCUT2D eigenvalue weighted by Gasteiger charge is -2.39. The van der Waals surface area contributed by atoms with Gasteiger partial charge in [-0.1, -0.05) is 0 Å². The zero-order valence-corrected chi connectivity index (χ0v) is 27.5. The van der Waals surface area contributed by atoms with Crippen molar-refractivity contribution >= 4 is 45.6 Å². The molecule has 0 heterocycles. The fourth-order valence-electron chi connectivity index (χ4n) is 2.84. The summed E-state index contributed by atoms with van der Waals surface area (Å²) in [6.07, 6.45) is -4.10. The average Bonchev–Trinajstić information content (AvgIpc) is 2.74. The molecule has 23 nitrogen and oxygen atoms in total. The van der Waals surface area contributed by atoms with Gasteiger partial charge in [0.1, 0.15) is 0 Å². The molecule has 0 saturated heterocycles. The van der Waals surface area contributed by atoms with Gasteiger partial charge in [0.05, 0.1) is 0 Å². The fraction of sp³-hybridized carbons (Fsp3) is 1.00. The highest BCUT2D eigenvalue weighted by Gasteiger charge is 2.70. The largest absolute Gasteiger partial charge is 0.373 e. The minimum Gasteiger partial charge on any atom is -0.368 e. The van der Waals surface area contributed by atoms with Crippen LogP contribution in [0.2, 0.25) is 0 Å². The van der Waals surface area contributed by atoms with Gasteiger partial charge in [-0.25, -0.2) is 0 Å². The molecule has 0 bridgehead atoms. The van der Waals surface area contributed by atoms with E-state index in [-0.39, 0.29) is 19.6 Å². The maximum atomic E-state index is 12.5. The van der Waals surface area contributed by atoms with E-state index in [4.69, 9.17) is 31.0 Å². The second-order valence-electron chi connectivity index (χ2n) is 8.96. The zero-order valence-electron chi connectivity index (χ0n) is 22.1. The van der Waals surface area contributed by atoms with Crippen LogP contribution in [0.25, 0.3) is 0 Å². The highest BCUT2D eigenvalue weighted by molar-refractivity contribution is 7.75. The Balaban J connectivity index is 0. The van der Waals surface area contributed by atoms with Crippen molar-refractivity contribution in [1.82, 2.24) is 4.90 Å². The quantitative estimate of drug-likeness (QED) is 0.0681. The van der Waals surface area contributed by atoms with E-state index in [0.717, 1.165) is 0 Å². The second kappa shape index (κ2) is 15.5. The lowest BCUT2D eigenvalue weighted by atomic mass is 10.3. The monoisotopic (exact) mass is 743 g/mol. The molecule has 0 aliphatic rings. The van der Waals surface area contributed by atoms with Crippen molar-refractivity contribution in [2.45, 2.75) is 47.4 Å². The van der Waals surface area contributed by atoms with Crippen molar-refractivity contribution in [2.24, 2.45) is 11.5 Å². The summed E-state index contributed by atoms with van der Waals surface area (Å²) in [6, 6.07) is 0. The summed E-state index contributed by atoms with van der Waals surface area (Å²) in [5.41, 5.74) is 10.2. The minimum atomic E-state index is -6.21. The van der Waals surface area contributed by atoms with E-state index in [1.807, 2.05) is 0 Å². The molecule has 0 fully saturated rings. The summed E-state index contributed by atoms with van der Waals surface area (Å²) < 4.78 is 73.5. The Kier molecular flexibility index (Phi) is 16.6.